The maximum absolute atomic E-state index is 9.24. The summed E-state index contributed by atoms with van der Waals surface area (Å²) in [5.41, 5.74) is 9.99. The van der Waals surface area contributed by atoms with Crippen LogP contribution in [0.15, 0.2) is 36.7 Å². The van der Waals surface area contributed by atoms with Gasteiger partial charge >= 0.3 is 0 Å². The van der Waals surface area contributed by atoms with Crippen LogP contribution in [0, 0.1) is 11.3 Å². The summed E-state index contributed by atoms with van der Waals surface area (Å²) in [5, 5.41) is 18.3. The van der Waals surface area contributed by atoms with Crippen LogP contribution in [0.1, 0.15) is 31.9 Å². The maximum Gasteiger partial charge on any atom is 0.146 e. The smallest absolute Gasteiger partial charge is 0.146 e. The Balaban J connectivity index is 0.000000924. The highest BCUT2D eigenvalue weighted by atomic mass is 15.1. The van der Waals surface area contributed by atoms with Gasteiger partial charge in [0.15, 0.2) is 0 Å². The highest BCUT2D eigenvalue weighted by Crippen LogP contribution is 2.29. The first-order valence-corrected chi connectivity index (χ1v) is 7.63. The molecule has 3 rings (SSSR count). The maximum atomic E-state index is 9.24. The van der Waals surface area contributed by atoms with Crippen molar-refractivity contribution in [2.24, 2.45) is 0 Å². The average Bonchev–Trinajstić information content (AvgIpc) is 2.62. The van der Waals surface area contributed by atoms with Gasteiger partial charge in [0.05, 0.1) is 17.1 Å². The summed E-state index contributed by atoms with van der Waals surface area (Å²) in [5.74, 6) is 0.383. The van der Waals surface area contributed by atoms with Gasteiger partial charge < -0.3 is 5.73 Å². The van der Waals surface area contributed by atoms with Gasteiger partial charge in [-0.2, -0.15) is 5.26 Å². The SMILES string of the molecule is CC.CCc1cc(-c2cnccc2C#N)cc2cc(N)nnc12. The summed E-state index contributed by atoms with van der Waals surface area (Å²) in [6.07, 6.45) is 4.15. The van der Waals surface area contributed by atoms with E-state index in [4.69, 9.17) is 5.73 Å². The van der Waals surface area contributed by atoms with Crippen molar-refractivity contribution in [1.82, 2.24) is 15.2 Å². The third-order valence-corrected chi connectivity index (χ3v) is 3.42. The van der Waals surface area contributed by atoms with Crippen LogP contribution in [-0.4, -0.2) is 15.2 Å². The molecule has 5 heteroatoms. The summed E-state index contributed by atoms with van der Waals surface area (Å²) in [4.78, 5) is 4.12. The van der Waals surface area contributed by atoms with Crippen LogP contribution in [0.25, 0.3) is 22.0 Å². The molecule has 0 atom stereocenters. The van der Waals surface area contributed by atoms with E-state index in [9.17, 15) is 5.26 Å². The van der Waals surface area contributed by atoms with Gasteiger partial charge in [-0.05, 0) is 41.8 Å². The number of nitriles is 1. The number of nitrogen functional groups attached to an aromatic ring is 1. The lowest BCUT2D eigenvalue weighted by atomic mass is 9.97. The second-order valence-electron chi connectivity index (χ2n) is 4.73. The highest BCUT2D eigenvalue weighted by Gasteiger charge is 2.10. The molecule has 0 radical (unpaired) electrons. The van der Waals surface area contributed by atoms with E-state index in [1.54, 1.807) is 24.5 Å². The molecule has 5 nitrogen and oxygen atoms in total. The number of rotatable bonds is 2. The van der Waals surface area contributed by atoms with E-state index in [1.165, 1.54) is 0 Å². The molecule has 0 spiro atoms. The Kier molecular flexibility index (Phi) is 5.21. The van der Waals surface area contributed by atoms with Gasteiger partial charge in [-0.3, -0.25) is 4.98 Å². The summed E-state index contributed by atoms with van der Waals surface area (Å²) < 4.78 is 0. The molecular formula is C18H19N5. The minimum Gasteiger partial charge on any atom is -0.382 e. The molecule has 116 valence electrons. The highest BCUT2D eigenvalue weighted by molar-refractivity contribution is 5.89. The van der Waals surface area contributed by atoms with Crippen molar-refractivity contribution < 1.29 is 0 Å². The molecule has 0 aliphatic heterocycles. The zero-order valence-corrected chi connectivity index (χ0v) is 13.5. The topological polar surface area (TPSA) is 88.5 Å². The van der Waals surface area contributed by atoms with E-state index in [0.29, 0.717) is 11.4 Å². The molecule has 0 aliphatic carbocycles. The number of hydrogen-bond acceptors (Lipinski definition) is 5. The third kappa shape index (κ3) is 3.27. The summed E-state index contributed by atoms with van der Waals surface area (Å²) in [6, 6.07) is 9.71. The number of benzene rings is 1. The minimum absolute atomic E-state index is 0.383. The van der Waals surface area contributed by atoms with Crippen LogP contribution in [0.3, 0.4) is 0 Å². The number of pyridine rings is 1. The van der Waals surface area contributed by atoms with Crippen molar-refractivity contribution >= 4 is 16.7 Å². The first-order valence-electron chi connectivity index (χ1n) is 7.63. The second-order valence-corrected chi connectivity index (χ2v) is 4.73. The van der Waals surface area contributed by atoms with Crippen molar-refractivity contribution in [3.8, 4) is 17.2 Å². The minimum atomic E-state index is 0.383. The van der Waals surface area contributed by atoms with Gasteiger partial charge in [0.25, 0.3) is 0 Å². The molecule has 0 aliphatic rings. The van der Waals surface area contributed by atoms with E-state index in [0.717, 1.165) is 34.0 Å². The largest absolute Gasteiger partial charge is 0.382 e. The number of fused-ring (bicyclic) bond motifs is 1. The van der Waals surface area contributed by atoms with Crippen LogP contribution < -0.4 is 5.73 Å². The number of aromatic nitrogens is 3. The fourth-order valence-electron chi connectivity index (χ4n) is 2.39. The molecule has 2 N–H and O–H groups in total. The first-order chi connectivity index (χ1) is 11.2. The Morgan fingerprint density at radius 1 is 1.17 bits per heavy atom. The normalized spacial score (nSPS) is 9.83. The Morgan fingerprint density at radius 3 is 2.65 bits per heavy atom. The van der Waals surface area contributed by atoms with Crippen molar-refractivity contribution in [2.75, 3.05) is 5.73 Å². The van der Waals surface area contributed by atoms with Gasteiger partial charge in [0.2, 0.25) is 0 Å². The van der Waals surface area contributed by atoms with Crippen molar-refractivity contribution in [3.63, 3.8) is 0 Å². The monoisotopic (exact) mass is 305 g/mol. The summed E-state index contributed by atoms with van der Waals surface area (Å²) >= 11 is 0. The van der Waals surface area contributed by atoms with Gasteiger partial charge in [0, 0.05) is 23.3 Å². The average molecular weight is 305 g/mol. The van der Waals surface area contributed by atoms with E-state index in [2.05, 4.69) is 28.2 Å². The molecule has 0 unspecified atom stereocenters. The van der Waals surface area contributed by atoms with E-state index < -0.39 is 0 Å². The fourth-order valence-corrected chi connectivity index (χ4v) is 2.39. The molecule has 23 heavy (non-hydrogen) atoms. The van der Waals surface area contributed by atoms with Crippen LogP contribution in [0.2, 0.25) is 0 Å². The number of anilines is 1. The first kappa shape index (κ1) is 16.4. The van der Waals surface area contributed by atoms with Crippen LogP contribution in [0.5, 0.6) is 0 Å². The van der Waals surface area contributed by atoms with E-state index >= 15 is 0 Å². The number of hydrogen-bond donors (Lipinski definition) is 1. The predicted octanol–water partition coefficient (Wildman–Crippen LogP) is 3.73. The Morgan fingerprint density at radius 2 is 1.96 bits per heavy atom. The number of aryl methyl sites for hydroxylation is 1. The standard InChI is InChI=1S/C16H13N5.C2H6/c1-2-10-5-12(14-9-19-4-3-11(14)8-17)6-13-7-15(18)20-21-16(10)13;1-2/h3-7,9H,2H2,1H3,(H2,18,20);1-2H3. The van der Waals surface area contributed by atoms with Crippen LogP contribution in [0.4, 0.5) is 5.82 Å². The molecule has 0 saturated carbocycles. The molecule has 3 aromatic rings. The molecule has 0 amide bonds. The van der Waals surface area contributed by atoms with Gasteiger partial charge in [-0.25, -0.2) is 0 Å². The summed E-state index contributed by atoms with van der Waals surface area (Å²) in [7, 11) is 0. The van der Waals surface area contributed by atoms with Crippen LogP contribution >= 0.6 is 0 Å². The molecule has 2 heterocycles. The van der Waals surface area contributed by atoms with Crippen molar-refractivity contribution in [1.29, 1.82) is 5.26 Å². The van der Waals surface area contributed by atoms with Crippen molar-refractivity contribution in [2.45, 2.75) is 27.2 Å². The zero-order chi connectivity index (χ0) is 16.8. The molecular weight excluding hydrogens is 286 g/mol. The van der Waals surface area contributed by atoms with Gasteiger partial charge in [-0.15, -0.1) is 10.2 Å². The zero-order valence-electron chi connectivity index (χ0n) is 13.5. The molecule has 0 saturated heterocycles. The lowest BCUT2D eigenvalue weighted by Gasteiger charge is -2.09. The van der Waals surface area contributed by atoms with Crippen molar-refractivity contribution in [3.05, 3.63) is 47.8 Å². The second kappa shape index (κ2) is 7.32. The summed E-state index contributed by atoms with van der Waals surface area (Å²) in [6.45, 7) is 6.06. The Hall–Kier alpha value is -3.00. The molecule has 0 fully saturated rings. The third-order valence-electron chi connectivity index (χ3n) is 3.42. The predicted molar refractivity (Wildman–Crippen MR) is 92.6 cm³/mol. The van der Waals surface area contributed by atoms with Gasteiger partial charge in [-0.1, -0.05) is 20.8 Å². The Bertz CT molecular complexity index is 865. The fraction of sp³-hybridized carbons (Fsp3) is 0.222. The number of nitrogens with zero attached hydrogens (tertiary/aromatic N) is 4. The molecule has 1 aromatic carbocycles. The quantitative estimate of drug-likeness (QED) is 0.779. The van der Waals surface area contributed by atoms with E-state index in [-0.39, 0.29) is 0 Å². The lowest BCUT2D eigenvalue weighted by molar-refractivity contribution is 1.06. The number of nitrogens with two attached hydrogens (primary N) is 1. The molecule has 2 aromatic heterocycles. The molecule has 0 bridgehead atoms. The van der Waals surface area contributed by atoms with E-state index in [1.807, 2.05) is 26.0 Å². The van der Waals surface area contributed by atoms with Gasteiger partial charge in [0.1, 0.15) is 5.82 Å². The lowest BCUT2D eigenvalue weighted by Crippen LogP contribution is -1.97. The Labute approximate surface area is 135 Å². The van der Waals surface area contributed by atoms with Crippen LogP contribution in [-0.2, 0) is 6.42 Å².